The first kappa shape index (κ1) is 17.5. The van der Waals surface area contributed by atoms with Crippen LogP contribution >= 0.6 is 0 Å². The number of ether oxygens (including phenoxy) is 1. The van der Waals surface area contributed by atoms with Crippen LogP contribution in [0.15, 0.2) is 30.4 Å². The van der Waals surface area contributed by atoms with E-state index in [4.69, 9.17) is 4.74 Å². The van der Waals surface area contributed by atoms with Gasteiger partial charge in [0.2, 0.25) is 0 Å². The molecule has 0 atom stereocenters. The number of ketones is 1. The van der Waals surface area contributed by atoms with Crippen molar-refractivity contribution in [3.05, 3.63) is 41.5 Å². The number of Topliss-reactive ketones (excluding diaryl/α,β-unsaturated/α-hetero) is 1. The van der Waals surface area contributed by atoms with Crippen molar-refractivity contribution in [3.63, 3.8) is 0 Å². The van der Waals surface area contributed by atoms with Gasteiger partial charge in [-0.15, -0.1) is 0 Å². The number of hydrogen-bond acceptors (Lipinski definition) is 2. The predicted molar refractivity (Wildman–Crippen MR) is 89.2 cm³/mol. The van der Waals surface area contributed by atoms with E-state index in [1.54, 1.807) is 6.92 Å². The number of aryl methyl sites for hydroxylation is 1. The minimum atomic E-state index is 0.108. The number of hydrogen-bond donors (Lipinski definition) is 0. The fourth-order valence-corrected chi connectivity index (χ4v) is 2.31. The molecule has 0 saturated carbocycles. The summed E-state index contributed by atoms with van der Waals surface area (Å²) < 4.78 is 5.74. The fraction of sp³-hybridized carbons (Fsp3) is 0.526. The van der Waals surface area contributed by atoms with Crippen LogP contribution in [-0.2, 0) is 0 Å². The number of carbonyl (C=O) groups is 1. The molecule has 0 aromatic heterocycles. The van der Waals surface area contributed by atoms with E-state index in [0.29, 0.717) is 0 Å². The van der Waals surface area contributed by atoms with E-state index in [-0.39, 0.29) is 5.78 Å². The Hall–Kier alpha value is -1.57. The molecular formula is C19H28O2. The van der Waals surface area contributed by atoms with E-state index in [0.717, 1.165) is 36.3 Å². The van der Waals surface area contributed by atoms with Crippen molar-refractivity contribution in [1.82, 2.24) is 0 Å². The SMILES string of the molecule is CCC=CCCCCCCOc1ccc(C(C)=O)c(C)c1. The zero-order valence-corrected chi connectivity index (χ0v) is 13.7. The van der Waals surface area contributed by atoms with Gasteiger partial charge >= 0.3 is 0 Å². The maximum absolute atomic E-state index is 11.4. The molecule has 0 spiro atoms. The lowest BCUT2D eigenvalue weighted by molar-refractivity contribution is 0.101. The van der Waals surface area contributed by atoms with Crippen LogP contribution in [0.2, 0.25) is 0 Å². The van der Waals surface area contributed by atoms with Gasteiger partial charge in [-0.25, -0.2) is 0 Å². The topological polar surface area (TPSA) is 26.3 Å². The fourth-order valence-electron chi connectivity index (χ4n) is 2.31. The van der Waals surface area contributed by atoms with Crippen molar-refractivity contribution >= 4 is 5.78 Å². The molecule has 2 heteroatoms. The Bertz CT molecular complexity index is 461. The summed E-state index contributed by atoms with van der Waals surface area (Å²) in [6.07, 6.45) is 11.7. The van der Waals surface area contributed by atoms with Crippen molar-refractivity contribution in [1.29, 1.82) is 0 Å². The van der Waals surface area contributed by atoms with Crippen molar-refractivity contribution in [2.45, 2.75) is 59.3 Å². The Kier molecular flexibility index (Phi) is 8.49. The monoisotopic (exact) mass is 288 g/mol. The van der Waals surface area contributed by atoms with E-state index in [1.807, 2.05) is 25.1 Å². The second-order valence-electron chi connectivity index (χ2n) is 5.46. The van der Waals surface area contributed by atoms with Gasteiger partial charge in [-0.05, 0) is 63.3 Å². The average Bonchev–Trinajstić information content (AvgIpc) is 2.45. The lowest BCUT2D eigenvalue weighted by atomic mass is 10.1. The van der Waals surface area contributed by atoms with Gasteiger partial charge in [0, 0.05) is 5.56 Å². The van der Waals surface area contributed by atoms with Gasteiger partial charge < -0.3 is 4.74 Å². The van der Waals surface area contributed by atoms with E-state index >= 15 is 0 Å². The van der Waals surface area contributed by atoms with Crippen LogP contribution in [0.5, 0.6) is 5.75 Å². The first-order valence-corrected chi connectivity index (χ1v) is 8.04. The zero-order chi connectivity index (χ0) is 15.5. The smallest absolute Gasteiger partial charge is 0.160 e. The summed E-state index contributed by atoms with van der Waals surface area (Å²) in [6, 6.07) is 5.69. The molecule has 21 heavy (non-hydrogen) atoms. The van der Waals surface area contributed by atoms with E-state index in [2.05, 4.69) is 19.1 Å². The van der Waals surface area contributed by atoms with Gasteiger partial charge in [-0.3, -0.25) is 4.79 Å². The maximum Gasteiger partial charge on any atom is 0.160 e. The lowest BCUT2D eigenvalue weighted by Crippen LogP contribution is -2.00. The van der Waals surface area contributed by atoms with Gasteiger partial charge in [-0.2, -0.15) is 0 Å². The summed E-state index contributed by atoms with van der Waals surface area (Å²) >= 11 is 0. The molecule has 0 aliphatic carbocycles. The summed E-state index contributed by atoms with van der Waals surface area (Å²) in [6.45, 7) is 6.47. The predicted octanol–water partition coefficient (Wildman–Crippen LogP) is 5.49. The lowest BCUT2D eigenvalue weighted by Gasteiger charge is -2.08. The van der Waals surface area contributed by atoms with Crippen molar-refractivity contribution in [2.75, 3.05) is 6.61 Å². The van der Waals surface area contributed by atoms with Crippen LogP contribution in [0.1, 0.15) is 68.3 Å². The van der Waals surface area contributed by atoms with Crippen LogP contribution in [0.4, 0.5) is 0 Å². The third kappa shape index (κ3) is 7.12. The highest BCUT2D eigenvalue weighted by Crippen LogP contribution is 2.18. The zero-order valence-electron chi connectivity index (χ0n) is 13.7. The first-order valence-electron chi connectivity index (χ1n) is 8.04. The molecule has 0 saturated heterocycles. The Morgan fingerprint density at radius 2 is 1.90 bits per heavy atom. The molecule has 0 unspecified atom stereocenters. The van der Waals surface area contributed by atoms with Gasteiger partial charge in [0.25, 0.3) is 0 Å². The van der Waals surface area contributed by atoms with Crippen LogP contribution in [0.25, 0.3) is 0 Å². The van der Waals surface area contributed by atoms with Crippen molar-refractivity contribution in [2.24, 2.45) is 0 Å². The molecule has 116 valence electrons. The highest BCUT2D eigenvalue weighted by molar-refractivity contribution is 5.95. The van der Waals surface area contributed by atoms with Gasteiger partial charge in [0.05, 0.1) is 6.61 Å². The van der Waals surface area contributed by atoms with Gasteiger partial charge in [-0.1, -0.05) is 31.9 Å². The molecule has 0 radical (unpaired) electrons. The highest BCUT2D eigenvalue weighted by Gasteiger charge is 2.04. The van der Waals surface area contributed by atoms with E-state index < -0.39 is 0 Å². The largest absolute Gasteiger partial charge is 0.494 e. The number of unbranched alkanes of at least 4 members (excludes halogenated alkanes) is 4. The first-order chi connectivity index (χ1) is 10.1. The van der Waals surface area contributed by atoms with Crippen LogP contribution in [0, 0.1) is 6.92 Å². The Morgan fingerprint density at radius 1 is 1.14 bits per heavy atom. The number of carbonyl (C=O) groups excluding carboxylic acids is 1. The molecule has 0 aliphatic heterocycles. The Balaban J connectivity index is 2.17. The molecule has 0 amide bonds. The molecule has 1 aromatic carbocycles. The molecular weight excluding hydrogens is 260 g/mol. The minimum Gasteiger partial charge on any atom is -0.494 e. The molecule has 0 bridgehead atoms. The second kappa shape index (κ2) is 10.2. The Morgan fingerprint density at radius 3 is 2.57 bits per heavy atom. The quantitative estimate of drug-likeness (QED) is 0.323. The summed E-state index contributed by atoms with van der Waals surface area (Å²) in [5.74, 6) is 0.972. The average molecular weight is 288 g/mol. The molecule has 1 aromatic rings. The van der Waals surface area contributed by atoms with E-state index in [1.165, 1.54) is 25.7 Å². The second-order valence-corrected chi connectivity index (χ2v) is 5.46. The minimum absolute atomic E-state index is 0.108. The summed E-state index contributed by atoms with van der Waals surface area (Å²) in [5.41, 5.74) is 1.77. The third-order valence-corrected chi connectivity index (χ3v) is 3.51. The molecule has 1 rings (SSSR count). The molecule has 0 heterocycles. The van der Waals surface area contributed by atoms with Gasteiger partial charge in [0.1, 0.15) is 5.75 Å². The molecule has 0 N–H and O–H groups in total. The standard InChI is InChI=1S/C19H28O2/c1-4-5-6-7-8-9-10-11-14-21-18-12-13-19(17(3)20)16(2)15-18/h5-6,12-13,15H,4,7-11,14H2,1-3H3. The van der Waals surface area contributed by atoms with Gasteiger partial charge in [0.15, 0.2) is 5.78 Å². The number of rotatable bonds is 10. The number of allylic oxidation sites excluding steroid dienone is 2. The Labute approximate surface area is 129 Å². The normalized spacial score (nSPS) is 11.0. The molecule has 0 aliphatic rings. The number of benzene rings is 1. The van der Waals surface area contributed by atoms with Crippen molar-refractivity contribution < 1.29 is 9.53 Å². The van der Waals surface area contributed by atoms with Crippen LogP contribution in [0.3, 0.4) is 0 Å². The summed E-state index contributed by atoms with van der Waals surface area (Å²) in [4.78, 5) is 11.4. The highest BCUT2D eigenvalue weighted by atomic mass is 16.5. The van der Waals surface area contributed by atoms with Crippen molar-refractivity contribution in [3.8, 4) is 5.75 Å². The molecule has 2 nitrogen and oxygen atoms in total. The van der Waals surface area contributed by atoms with Crippen LogP contribution in [-0.4, -0.2) is 12.4 Å². The summed E-state index contributed by atoms with van der Waals surface area (Å²) in [7, 11) is 0. The summed E-state index contributed by atoms with van der Waals surface area (Å²) in [5, 5.41) is 0. The van der Waals surface area contributed by atoms with Crippen LogP contribution < -0.4 is 4.74 Å². The third-order valence-electron chi connectivity index (χ3n) is 3.51. The molecule has 0 fully saturated rings. The van der Waals surface area contributed by atoms with E-state index in [9.17, 15) is 4.79 Å². The maximum atomic E-state index is 11.4.